The zero-order valence-electron chi connectivity index (χ0n) is 15.7. The van der Waals surface area contributed by atoms with E-state index >= 15 is 0 Å². The van der Waals surface area contributed by atoms with Crippen molar-refractivity contribution in [2.45, 2.75) is 59.1 Å². The number of pyridine rings is 1. The maximum atomic E-state index is 13.2. The molecular weight excluding hydrogens is 316 g/mol. The highest BCUT2D eigenvalue weighted by atomic mass is 16.5. The predicted octanol–water partition coefficient (Wildman–Crippen LogP) is 3.35. The Morgan fingerprint density at radius 3 is 2.96 bits per heavy atom. The number of carbonyl (C=O) groups is 1. The van der Waals surface area contributed by atoms with Gasteiger partial charge in [-0.15, -0.1) is 0 Å². The molecule has 0 N–H and O–H groups in total. The Bertz CT molecular complexity index is 753. The van der Waals surface area contributed by atoms with Gasteiger partial charge in [-0.1, -0.05) is 6.92 Å². The molecule has 0 bridgehead atoms. The Hall–Kier alpha value is -1.95. The van der Waals surface area contributed by atoms with Crippen LogP contribution in [-0.4, -0.2) is 51.4 Å². The Morgan fingerprint density at radius 2 is 2.24 bits per heavy atom. The van der Waals surface area contributed by atoms with E-state index in [9.17, 15) is 4.79 Å². The number of fused-ring (bicyclic) bond motifs is 1. The monoisotopic (exact) mass is 344 g/mol. The third kappa shape index (κ3) is 3.54. The second-order valence-corrected chi connectivity index (χ2v) is 6.87. The molecular formula is C19H28N4O2. The summed E-state index contributed by atoms with van der Waals surface area (Å²) < 4.78 is 7.67. The Labute approximate surface area is 149 Å². The first-order valence-corrected chi connectivity index (χ1v) is 9.30. The largest absolute Gasteiger partial charge is 0.377 e. The van der Waals surface area contributed by atoms with Crippen LogP contribution in [-0.2, 0) is 4.74 Å². The molecule has 3 rings (SSSR count). The summed E-state index contributed by atoms with van der Waals surface area (Å²) in [5.41, 5.74) is 2.35. The molecule has 2 atom stereocenters. The summed E-state index contributed by atoms with van der Waals surface area (Å²) in [5.74, 6) is 0.0589. The van der Waals surface area contributed by atoms with Gasteiger partial charge < -0.3 is 9.64 Å². The molecule has 1 amide bonds. The number of rotatable bonds is 5. The van der Waals surface area contributed by atoms with Crippen molar-refractivity contribution in [1.29, 1.82) is 0 Å². The predicted molar refractivity (Wildman–Crippen MR) is 97.8 cm³/mol. The summed E-state index contributed by atoms with van der Waals surface area (Å²) in [6, 6.07) is 2.14. The molecule has 1 aliphatic heterocycles. The topological polar surface area (TPSA) is 60.2 Å². The van der Waals surface area contributed by atoms with Crippen LogP contribution in [0.25, 0.3) is 11.0 Å². The van der Waals surface area contributed by atoms with Gasteiger partial charge in [-0.05, 0) is 46.1 Å². The number of piperidine rings is 1. The number of hydrogen-bond donors (Lipinski definition) is 0. The molecule has 0 unspecified atom stereocenters. The van der Waals surface area contributed by atoms with Crippen LogP contribution in [0.1, 0.15) is 62.1 Å². The van der Waals surface area contributed by atoms with Gasteiger partial charge in [0.25, 0.3) is 5.91 Å². The van der Waals surface area contributed by atoms with E-state index in [-0.39, 0.29) is 18.1 Å². The van der Waals surface area contributed by atoms with Gasteiger partial charge in [0.05, 0.1) is 29.3 Å². The SMILES string of the molecule is CCO[C@@H]1CCCN(C(=O)c2cc(C)nc3c2cnn3[C@H](C)CC)C1. The second kappa shape index (κ2) is 7.52. The van der Waals surface area contributed by atoms with Crippen LogP contribution in [0.3, 0.4) is 0 Å². The summed E-state index contributed by atoms with van der Waals surface area (Å²) >= 11 is 0. The van der Waals surface area contributed by atoms with E-state index in [1.165, 1.54) is 0 Å². The van der Waals surface area contributed by atoms with Gasteiger partial charge in [-0.3, -0.25) is 4.79 Å². The lowest BCUT2D eigenvalue weighted by Gasteiger charge is -2.32. The highest BCUT2D eigenvalue weighted by Gasteiger charge is 2.27. The highest BCUT2D eigenvalue weighted by molar-refractivity contribution is 6.05. The molecule has 0 radical (unpaired) electrons. The van der Waals surface area contributed by atoms with Crippen LogP contribution >= 0.6 is 0 Å². The van der Waals surface area contributed by atoms with Crippen molar-refractivity contribution in [2.24, 2.45) is 0 Å². The van der Waals surface area contributed by atoms with E-state index in [0.717, 1.165) is 42.5 Å². The van der Waals surface area contributed by atoms with Crippen molar-refractivity contribution in [2.75, 3.05) is 19.7 Å². The number of aromatic nitrogens is 3. The summed E-state index contributed by atoms with van der Waals surface area (Å²) in [5, 5.41) is 5.34. The molecule has 2 aromatic rings. The van der Waals surface area contributed by atoms with Crippen LogP contribution in [0.5, 0.6) is 0 Å². The summed E-state index contributed by atoms with van der Waals surface area (Å²) in [4.78, 5) is 19.7. The minimum absolute atomic E-state index is 0.0589. The van der Waals surface area contributed by atoms with Crippen LogP contribution in [0.4, 0.5) is 0 Å². The minimum atomic E-state index is 0.0589. The zero-order chi connectivity index (χ0) is 18.0. The van der Waals surface area contributed by atoms with Gasteiger partial charge in [0, 0.05) is 25.4 Å². The Morgan fingerprint density at radius 1 is 1.44 bits per heavy atom. The maximum Gasteiger partial charge on any atom is 0.254 e. The lowest BCUT2D eigenvalue weighted by atomic mass is 10.1. The minimum Gasteiger partial charge on any atom is -0.377 e. The van der Waals surface area contributed by atoms with E-state index in [1.807, 2.05) is 29.5 Å². The highest BCUT2D eigenvalue weighted by Crippen LogP contribution is 2.25. The van der Waals surface area contributed by atoms with Crippen LogP contribution in [0, 0.1) is 6.92 Å². The molecule has 0 aromatic carbocycles. The van der Waals surface area contributed by atoms with Crippen molar-refractivity contribution in [3.63, 3.8) is 0 Å². The van der Waals surface area contributed by atoms with Gasteiger partial charge in [0.15, 0.2) is 5.65 Å². The molecule has 2 aromatic heterocycles. The molecule has 25 heavy (non-hydrogen) atoms. The second-order valence-electron chi connectivity index (χ2n) is 6.87. The van der Waals surface area contributed by atoms with E-state index < -0.39 is 0 Å². The van der Waals surface area contributed by atoms with Gasteiger partial charge in [-0.25, -0.2) is 9.67 Å². The van der Waals surface area contributed by atoms with Crippen LogP contribution in [0.15, 0.2) is 12.3 Å². The third-order valence-electron chi connectivity index (χ3n) is 5.00. The average molecular weight is 344 g/mol. The molecule has 6 nitrogen and oxygen atoms in total. The van der Waals surface area contributed by atoms with Crippen molar-refractivity contribution < 1.29 is 9.53 Å². The lowest BCUT2D eigenvalue weighted by molar-refractivity contribution is 0.00731. The maximum absolute atomic E-state index is 13.2. The lowest BCUT2D eigenvalue weighted by Crippen LogP contribution is -2.43. The Kier molecular flexibility index (Phi) is 5.37. The number of hydrogen-bond acceptors (Lipinski definition) is 4. The summed E-state index contributed by atoms with van der Waals surface area (Å²) in [6.07, 6.45) is 4.90. The average Bonchev–Trinajstić information content (AvgIpc) is 3.04. The quantitative estimate of drug-likeness (QED) is 0.834. The first-order valence-electron chi connectivity index (χ1n) is 9.30. The molecule has 1 aliphatic rings. The number of nitrogens with zero attached hydrogens (tertiary/aromatic N) is 4. The zero-order valence-corrected chi connectivity index (χ0v) is 15.7. The fourth-order valence-electron chi connectivity index (χ4n) is 3.48. The molecule has 1 fully saturated rings. The molecule has 6 heteroatoms. The number of amides is 1. The van der Waals surface area contributed by atoms with E-state index in [4.69, 9.17) is 4.74 Å². The van der Waals surface area contributed by atoms with Crippen molar-refractivity contribution in [3.05, 3.63) is 23.5 Å². The van der Waals surface area contributed by atoms with Gasteiger partial charge in [-0.2, -0.15) is 5.10 Å². The van der Waals surface area contributed by atoms with Crippen LogP contribution < -0.4 is 0 Å². The normalized spacial score (nSPS) is 19.4. The molecule has 3 heterocycles. The van der Waals surface area contributed by atoms with E-state index in [0.29, 0.717) is 18.7 Å². The third-order valence-corrected chi connectivity index (χ3v) is 5.00. The van der Waals surface area contributed by atoms with Gasteiger partial charge >= 0.3 is 0 Å². The van der Waals surface area contributed by atoms with Crippen LogP contribution in [0.2, 0.25) is 0 Å². The summed E-state index contributed by atoms with van der Waals surface area (Å²) in [7, 11) is 0. The number of aryl methyl sites for hydroxylation is 1. The van der Waals surface area contributed by atoms with Crippen molar-refractivity contribution in [3.8, 4) is 0 Å². The van der Waals surface area contributed by atoms with Gasteiger partial charge in [0.1, 0.15) is 0 Å². The van der Waals surface area contributed by atoms with Gasteiger partial charge in [0.2, 0.25) is 0 Å². The fourth-order valence-corrected chi connectivity index (χ4v) is 3.48. The standard InChI is InChI=1S/C19H28N4O2/c1-5-14(4)23-18-17(11-20-23)16(10-13(3)21-18)19(24)22-9-7-8-15(12-22)25-6-2/h10-11,14-15H,5-9,12H2,1-4H3/t14-,15-/m1/s1. The molecule has 0 saturated carbocycles. The van der Waals surface area contributed by atoms with Crippen molar-refractivity contribution in [1.82, 2.24) is 19.7 Å². The number of ether oxygens (including phenoxy) is 1. The number of likely N-dealkylation sites (tertiary alicyclic amines) is 1. The van der Waals surface area contributed by atoms with E-state index in [2.05, 4.69) is 23.9 Å². The molecule has 0 spiro atoms. The Balaban J connectivity index is 1.95. The fraction of sp³-hybridized carbons (Fsp3) is 0.632. The first kappa shape index (κ1) is 17.9. The van der Waals surface area contributed by atoms with E-state index in [1.54, 1.807) is 6.20 Å². The first-order chi connectivity index (χ1) is 12.0. The molecule has 0 aliphatic carbocycles. The number of carbonyl (C=O) groups excluding carboxylic acids is 1. The molecule has 1 saturated heterocycles. The smallest absolute Gasteiger partial charge is 0.254 e. The molecule has 136 valence electrons. The summed E-state index contributed by atoms with van der Waals surface area (Å²) in [6.45, 7) is 10.3. The van der Waals surface area contributed by atoms with Crippen molar-refractivity contribution >= 4 is 16.9 Å².